The maximum absolute atomic E-state index is 12.1. The van der Waals surface area contributed by atoms with Crippen LogP contribution in [0.15, 0.2) is 0 Å². The van der Waals surface area contributed by atoms with Gasteiger partial charge in [-0.15, -0.1) is 0 Å². The van der Waals surface area contributed by atoms with Gasteiger partial charge in [0.2, 0.25) is 0 Å². The van der Waals surface area contributed by atoms with Crippen molar-refractivity contribution in [3.8, 4) is 0 Å². The average Bonchev–Trinajstić information content (AvgIpc) is 1.83. The van der Waals surface area contributed by atoms with Gasteiger partial charge < -0.3 is 0 Å². The van der Waals surface area contributed by atoms with Gasteiger partial charge in [0.1, 0.15) is 5.75 Å². The standard InChI is InChI=1S/C5H7F5O2S/c1-2-13(11,12)3-4(6,7)5(8,9)10/h2-3H2,1H3. The Morgan fingerprint density at radius 2 is 1.46 bits per heavy atom. The molecule has 0 rings (SSSR count). The lowest BCUT2D eigenvalue weighted by molar-refractivity contribution is -0.271. The minimum absolute atomic E-state index is 0.737. The van der Waals surface area contributed by atoms with E-state index < -0.39 is 33.4 Å². The summed E-state index contributed by atoms with van der Waals surface area (Å²) in [6, 6.07) is 0. The van der Waals surface area contributed by atoms with Gasteiger partial charge in [-0.3, -0.25) is 0 Å². The summed E-state index contributed by atoms with van der Waals surface area (Å²) < 4.78 is 79.6. The van der Waals surface area contributed by atoms with Gasteiger partial charge in [0.15, 0.2) is 9.84 Å². The largest absolute Gasteiger partial charge is 0.454 e. The van der Waals surface area contributed by atoms with Gasteiger partial charge in [-0.05, 0) is 0 Å². The molecule has 13 heavy (non-hydrogen) atoms. The van der Waals surface area contributed by atoms with E-state index in [9.17, 15) is 30.4 Å². The Hall–Kier alpha value is -0.400. The zero-order valence-electron chi connectivity index (χ0n) is 6.53. The summed E-state index contributed by atoms with van der Waals surface area (Å²) in [5.41, 5.74) is 0. The molecular weight excluding hydrogens is 219 g/mol. The zero-order valence-corrected chi connectivity index (χ0v) is 7.35. The Morgan fingerprint density at radius 3 is 1.69 bits per heavy atom. The fourth-order valence-corrected chi connectivity index (χ4v) is 1.38. The van der Waals surface area contributed by atoms with Crippen molar-refractivity contribution in [1.29, 1.82) is 0 Å². The average molecular weight is 226 g/mol. The van der Waals surface area contributed by atoms with Gasteiger partial charge >= 0.3 is 12.1 Å². The van der Waals surface area contributed by atoms with Crippen LogP contribution >= 0.6 is 0 Å². The van der Waals surface area contributed by atoms with Gasteiger partial charge in [0.05, 0.1) is 0 Å². The molecule has 0 N–H and O–H groups in total. The van der Waals surface area contributed by atoms with Crippen LogP contribution in [0.25, 0.3) is 0 Å². The second-order valence-corrected chi connectivity index (χ2v) is 4.73. The zero-order chi connectivity index (χ0) is 10.9. The fourth-order valence-electron chi connectivity index (χ4n) is 0.460. The minimum atomic E-state index is -5.81. The lowest BCUT2D eigenvalue weighted by Gasteiger charge is -2.18. The van der Waals surface area contributed by atoms with Crippen LogP contribution in [0.3, 0.4) is 0 Å². The van der Waals surface area contributed by atoms with Crippen LogP contribution in [0.2, 0.25) is 0 Å². The van der Waals surface area contributed by atoms with Crippen LogP contribution in [0, 0.1) is 0 Å². The van der Waals surface area contributed by atoms with E-state index in [0.29, 0.717) is 0 Å². The van der Waals surface area contributed by atoms with Crippen molar-refractivity contribution in [1.82, 2.24) is 0 Å². The van der Waals surface area contributed by atoms with E-state index in [4.69, 9.17) is 0 Å². The molecule has 0 spiro atoms. The monoisotopic (exact) mass is 226 g/mol. The molecule has 0 atom stereocenters. The maximum Gasteiger partial charge on any atom is 0.454 e. The van der Waals surface area contributed by atoms with Crippen molar-refractivity contribution >= 4 is 9.84 Å². The van der Waals surface area contributed by atoms with Crippen LogP contribution in [0.5, 0.6) is 0 Å². The third-order valence-corrected chi connectivity index (χ3v) is 2.94. The van der Waals surface area contributed by atoms with Gasteiger partial charge in [-0.1, -0.05) is 6.92 Å². The van der Waals surface area contributed by atoms with Crippen molar-refractivity contribution in [3.05, 3.63) is 0 Å². The molecule has 0 saturated carbocycles. The molecule has 0 bridgehead atoms. The van der Waals surface area contributed by atoms with Crippen molar-refractivity contribution < 1.29 is 30.4 Å². The summed E-state index contributed by atoms with van der Waals surface area (Å²) in [6.07, 6.45) is -5.81. The number of alkyl halides is 5. The van der Waals surface area contributed by atoms with Crippen LogP contribution in [0.1, 0.15) is 6.92 Å². The van der Waals surface area contributed by atoms with Gasteiger partial charge in [0, 0.05) is 5.75 Å². The van der Waals surface area contributed by atoms with E-state index in [1.54, 1.807) is 0 Å². The van der Waals surface area contributed by atoms with Crippen LogP contribution in [0.4, 0.5) is 22.0 Å². The van der Waals surface area contributed by atoms with Gasteiger partial charge in [0.25, 0.3) is 0 Å². The lowest BCUT2D eigenvalue weighted by Crippen LogP contribution is -2.43. The van der Waals surface area contributed by atoms with E-state index >= 15 is 0 Å². The summed E-state index contributed by atoms with van der Waals surface area (Å²) in [7, 11) is -4.33. The molecule has 0 fully saturated rings. The molecule has 0 aromatic carbocycles. The lowest BCUT2D eigenvalue weighted by atomic mass is 10.4. The smallest absolute Gasteiger partial charge is 0.229 e. The number of hydrogen-bond donors (Lipinski definition) is 0. The third-order valence-electron chi connectivity index (χ3n) is 1.26. The highest BCUT2D eigenvalue weighted by atomic mass is 32.2. The third kappa shape index (κ3) is 3.45. The summed E-state index contributed by atoms with van der Waals surface area (Å²) in [4.78, 5) is 0. The highest BCUT2D eigenvalue weighted by Gasteiger charge is 2.59. The SMILES string of the molecule is CCS(=O)(=O)CC(F)(F)C(F)(F)F. The maximum atomic E-state index is 12.1. The normalized spacial score (nSPS) is 14.6. The molecule has 0 amide bonds. The molecular formula is C5H7F5O2S. The topological polar surface area (TPSA) is 34.1 Å². The highest BCUT2D eigenvalue weighted by molar-refractivity contribution is 7.91. The first-order valence-corrected chi connectivity index (χ1v) is 4.99. The molecule has 0 unspecified atom stereocenters. The molecule has 0 aliphatic rings. The van der Waals surface area contributed by atoms with Crippen molar-refractivity contribution in [2.45, 2.75) is 19.0 Å². The van der Waals surface area contributed by atoms with E-state index in [0.717, 1.165) is 6.92 Å². The Labute approximate surface area is 71.7 Å². The Bertz CT molecular complexity index is 265. The van der Waals surface area contributed by atoms with Gasteiger partial charge in [-0.25, -0.2) is 8.42 Å². The van der Waals surface area contributed by atoms with E-state index in [1.165, 1.54) is 0 Å². The second kappa shape index (κ2) is 3.39. The van der Waals surface area contributed by atoms with Crippen LogP contribution in [-0.2, 0) is 9.84 Å². The predicted molar refractivity (Wildman–Crippen MR) is 35.3 cm³/mol. The fraction of sp³-hybridized carbons (Fsp3) is 1.00. The molecule has 0 heterocycles. The number of hydrogen-bond acceptors (Lipinski definition) is 2. The first-order valence-electron chi connectivity index (χ1n) is 3.17. The molecule has 80 valence electrons. The Balaban J connectivity index is 4.72. The van der Waals surface area contributed by atoms with E-state index in [-0.39, 0.29) is 0 Å². The van der Waals surface area contributed by atoms with Crippen LogP contribution in [-0.4, -0.2) is 32.0 Å². The first kappa shape index (κ1) is 12.6. The molecule has 0 aliphatic carbocycles. The van der Waals surface area contributed by atoms with E-state index in [2.05, 4.69) is 0 Å². The quantitative estimate of drug-likeness (QED) is 0.685. The molecule has 0 aliphatic heterocycles. The molecule has 2 nitrogen and oxygen atoms in total. The molecule has 0 radical (unpaired) electrons. The Morgan fingerprint density at radius 1 is 1.08 bits per heavy atom. The first-order chi connectivity index (χ1) is 5.52. The number of sulfone groups is 1. The molecule has 0 saturated heterocycles. The van der Waals surface area contributed by atoms with Crippen molar-refractivity contribution in [2.75, 3.05) is 11.5 Å². The van der Waals surface area contributed by atoms with Crippen LogP contribution < -0.4 is 0 Å². The van der Waals surface area contributed by atoms with E-state index in [1.807, 2.05) is 0 Å². The number of halogens is 5. The summed E-state index contributed by atoms with van der Waals surface area (Å²) in [6.45, 7) is 1.00. The molecule has 0 aromatic heterocycles. The van der Waals surface area contributed by atoms with Gasteiger partial charge in [-0.2, -0.15) is 22.0 Å². The second-order valence-electron chi connectivity index (χ2n) is 2.38. The molecule has 0 aromatic rings. The summed E-state index contributed by atoms with van der Waals surface area (Å²) >= 11 is 0. The van der Waals surface area contributed by atoms with Crippen molar-refractivity contribution in [2.24, 2.45) is 0 Å². The highest BCUT2D eigenvalue weighted by Crippen LogP contribution is 2.36. The predicted octanol–water partition coefficient (Wildman–Crippen LogP) is 1.62. The Kier molecular flexibility index (Phi) is 3.29. The molecule has 8 heteroatoms. The number of rotatable bonds is 3. The minimum Gasteiger partial charge on any atom is -0.229 e. The summed E-state index contributed by atoms with van der Waals surface area (Å²) in [5.74, 6) is -8.08. The summed E-state index contributed by atoms with van der Waals surface area (Å²) in [5, 5.41) is 0. The van der Waals surface area contributed by atoms with Crippen molar-refractivity contribution in [3.63, 3.8) is 0 Å².